The van der Waals surface area contributed by atoms with Crippen LogP contribution in [0.15, 0.2) is 83.0 Å². The third-order valence-corrected chi connectivity index (χ3v) is 9.19. The molecule has 246 valence electrons. The quantitative estimate of drug-likeness (QED) is 0.277. The Morgan fingerprint density at radius 1 is 0.812 bits per heavy atom. The van der Waals surface area contributed by atoms with Gasteiger partial charge in [-0.1, -0.05) is 25.0 Å². The molecule has 1 amide bonds. The second-order valence-corrected chi connectivity index (χ2v) is 12.3. The molecule has 8 rings (SSSR count). The van der Waals surface area contributed by atoms with Crippen LogP contribution in [0.4, 0.5) is 4.39 Å². The fourth-order valence-electron chi connectivity index (χ4n) is 6.84. The van der Waals surface area contributed by atoms with Gasteiger partial charge in [0.15, 0.2) is 5.69 Å². The van der Waals surface area contributed by atoms with Gasteiger partial charge in [0.1, 0.15) is 28.5 Å². The monoisotopic (exact) mass is 652 g/mol. The molecule has 2 N–H and O–H groups in total. The number of hydrogen-bond donors (Lipinski definition) is 2. The topological polar surface area (TPSA) is 158 Å². The molecule has 6 heterocycles. The summed E-state index contributed by atoms with van der Waals surface area (Å²) in [5.74, 6) is -1.84. The highest BCUT2D eigenvalue weighted by Crippen LogP contribution is 2.31. The molecule has 2 aliphatic rings. The first-order valence-electron chi connectivity index (χ1n) is 16.0. The van der Waals surface area contributed by atoms with Crippen LogP contribution < -0.4 is 16.6 Å². The molecule has 0 atom stereocenters. The molecule has 0 saturated heterocycles. The summed E-state index contributed by atoms with van der Waals surface area (Å²) in [4.78, 5) is 62.6. The Labute approximate surface area is 272 Å². The Balaban J connectivity index is 0.000000255. The van der Waals surface area contributed by atoms with E-state index in [1.807, 2.05) is 36.5 Å². The number of carbonyl (C=O) groups excluding carboxylic acids is 1. The molecule has 2 aliphatic carbocycles. The lowest BCUT2D eigenvalue weighted by Crippen LogP contribution is -2.46. The second-order valence-electron chi connectivity index (χ2n) is 12.3. The number of fused-ring (bicyclic) bond motifs is 3. The SMILES string of the molecule is O=C(NC1CCC(n2c(=O)c3cc(F)cnc3n(C3CCCC3)c2=O)CC1)c1cn2ccccc2n1.O=C(O)c1cn2ccccc2n1. The molecule has 0 aromatic carbocycles. The zero-order valence-corrected chi connectivity index (χ0v) is 25.9. The molecule has 48 heavy (non-hydrogen) atoms. The van der Waals surface area contributed by atoms with Gasteiger partial charge in [-0.2, -0.15) is 0 Å². The van der Waals surface area contributed by atoms with Crippen molar-refractivity contribution in [2.45, 2.75) is 69.5 Å². The molecule has 0 spiro atoms. The highest BCUT2D eigenvalue weighted by molar-refractivity contribution is 5.93. The van der Waals surface area contributed by atoms with Crippen molar-refractivity contribution in [3.8, 4) is 0 Å². The van der Waals surface area contributed by atoms with Gasteiger partial charge in [0.25, 0.3) is 11.5 Å². The fraction of sp³-hybridized carbons (Fsp3) is 0.324. The van der Waals surface area contributed by atoms with E-state index < -0.39 is 17.3 Å². The number of aromatic nitrogens is 7. The first kappa shape index (κ1) is 31.0. The summed E-state index contributed by atoms with van der Waals surface area (Å²) in [6.45, 7) is 0. The summed E-state index contributed by atoms with van der Waals surface area (Å²) >= 11 is 0. The number of aromatic carboxylic acids is 1. The van der Waals surface area contributed by atoms with Gasteiger partial charge in [-0.3, -0.25) is 18.7 Å². The number of carbonyl (C=O) groups is 2. The summed E-state index contributed by atoms with van der Waals surface area (Å²) in [5, 5.41) is 11.8. The van der Waals surface area contributed by atoms with Crippen molar-refractivity contribution in [1.82, 2.24) is 38.2 Å². The number of pyridine rings is 3. The number of carboxylic acids is 1. The van der Waals surface area contributed by atoms with Crippen LogP contribution in [0.5, 0.6) is 0 Å². The molecule has 14 heteroatoms. The maximum Gasteiger partial charge on any atom is 0.356 e. The maximum absolute atomic E-state index is 14.0. The molecular formula is C34H33FN8O5. The summed E-state index contributed by atoms with van der Waals surface area (Å²) < 4.78 is 20.4. The van der Waals surface area contributed by atoms with Gasteiger partial charge < -0.3 is 19.2 Å². The van der Waals surface area contributed by atoms with Crippen LogP contribution in [-0.2, 0) is 0 Å². The van der Waals surface area contributed by atoms with Gasteiger partial charge in [-0.05, 0) is 68.9 Å². The minimum Gasteiger partial charge on any atom is -0.476 e. The lowest BCUT2D eigenvalue weighted by molar-refractivity contribution is 0.0691. The van der Waals surface area contributed by atoms with E-state index >= 15 is 0 Å². The highest BCUT2D eigenvalue weighted by atomic mass is 19.1. The van der Waals surface area contributed by atoms with E-state index in [1.165, 1.54) is 16.8 Å². The van der Waals surface area contributed by atoms with E-state index in [2.05, 4.69) is 20.3 Å². The van der Waals surface area contributed by atoms with Crippen LogP contribution in [0.1, 0.15) is 84.4 Å². The number of hydrogen-bond acceptors (Lipinski definition) is 7. The van der Waals surface area contributed by atoms with Gasteiger partial charge >= 0.3 is 11.7 Å². The average molecular weight is 653 g/mol. The smallest absolute Gasteiger partial charge is 0.356 e. The normalized spacial score (nSPS) is 18.2. The van der Waals surface area contributed by atoms with Crippen molar-refractivity contribution in [2.24, 2.45) is 0 Å². The van der Waals surface area contributed by atoms with E-state index in [4.69, 9.17) is 5.11 Å². The first-order valence-corrected chi connectivity index (χ1v) is 16.0. The van der Waals surface area contributed by atoms with Crippen LogP contribution in [0, 0.1) is 5.82 Å². The number of nitrogens with zero attached hydrogens (tertiary/aromatic N) is 7. The third kappa shape index (κ3) is 5.96. The Kier molecular flexibility index (Phi) is 8.29. The number of nitrogens with one attached hydrogen (secondary N) is 1. The Morgan fingerprint density at radius 3 is 2.04 bits per heavy atom. The van der Waals surface area contributed by atoms with E-state index in [1.54, 1.807) is 31.8 Å². The van der Waals surface area contributed by atoms with Crippen molar-refractivity contribution < 1.29 is 19.1 Å². The lowest BCUT2D eigenvalue weighted by atomic mass is 9.90. The first-order chi connectivity index (χ1) is 23.3. The van der Waals surface area contributed by atoms with Crippen molar-refractivity contribution >= 4 is 34.2 Å². The highest BCUT2D eigenvalue weighted by Gasteiger charge is 2.30. The molecule has 2 fully saturated rings. The largest absolute Gasteiger partial charge is 0.476 e. The second kappa shape index (κ2) is 12.9. The molecular weight excluding hydrogens is 619 g/mol. The number of halogens is 1. The van der Waals surface area contributed by atoms with Gasteiger partial charge in [-0.15, -0.1) is 0 Å². The Bertz CT molecular complexity index is 2210. The number of imidazole rings is 2. The van der Waals surface area contributed by atoms with Gasteiger partial charge in [0.2, 0.25) is 0 Å². The molecule has 2 saturated carbocycles. The molecule has 6 aromatic heterocycles. The fourth-order valence-corrected chi connectivity index (χ4v) is 6.84. The molecule has 0 unspecified atom stereocenters. The summed E-state index contributed by atoms with van der Waals surface area (Å²) in [6.07, 6.45) is 13.9. The Hall–Kier alpha value is -5.66. The van der Waals surface area contributed by atoms with Gasteiger partial charge in [0, 0.05) is 42.9 Å². The van der Waals surface area contributed by atoms with Crippen molar-refractivity contribution in [3.63, 3.8) is 0 Å². The molecule has 13 nitrogen and oxygen atoms in total. The number of amides is 1. The van der Waals surface area contributed by atoms with E-state index in [0.29, 0.717) is 42.7 Å². The third-order valence-electron chi connectivity index (χ3n) is 9.19. The van der Waals surface area contributed by atoms with Crippen molar-refractivity contribution in [3.05, 3.63) is 111 Å². The van der Waals surface area contributed by atoms with Crippen LogP contribution in [-0.4, -0.2) is 55.9 Å². The summed E-state index contributed by atoms with van der Waals surface area (Å²) in [5.41, 5.74) is 1.18. The van der Waals surface area contributed by atoms with Crippen molar-refractivity contribution in [1.29, 1.82) is 0 Å². The molecule has 6 aromatic rings. The predicted molar refractivity (Wildman–Crippen MR) is 174 cm³/mol. The van der Waals surface area contributed by atoms with E-state index in [9.17, 15) is 23.6 Å². The van der Waals surface area contributed by atoms with Gasteiger partial charge in [0.05, 0.1) is 11.6 Å². The molecule has 0 aliphatic heterocycles. The zero-order chi connectivity index (χ0) is 33.4. The zero-order valence-electron chi connectivity index (χ0n) is 25.9. The standard InChI is InChI=1S/C26H27FN6O3.C8H6N2O2/c27-16-13-20-23(28-14-16)32(18-5-1-2-6-18)26(36)33(25(20)35)19-10-8-17(9-11-19)29-24(34)21-15-31-12-4-3-7-22(31)30-21;11-8(12)6-5-10-4-2-1-3-7(10)9-6/h3-4,7,12-15,17-19H,1-2,5-6,8-11H2,(H,29,34);1-5H,(H,11,12). The minimum absolute atomic E-state index is 0.0362. The van der Waals surface area contributed by atoms with E-state index in [0.717, 1.165) is 31.9 Å². The van der Waals surface area contributed by atoms with Crippen LogP contribution >= 0.6 is 0 Å². The number of carboxylic acid groups (broad SMARTS) is 1. The van der Waals surface area contributed by atoms with Crippen LogP contribution in [0.2, 0.25) is 0 Å². The predicted octanol–water partition coefficient (Wildman–Crippen LogP) is 4.41. The molecule has 0 bridgehead atoms. The van der Waals surface area contributed by atoms with Gasteiger partial charge in [-0.25, -0.2) is 28.9 Å². The van der Waals surface area contributed by atoms with Crippen LogP contribution in [0.25, 0.3) is 22.3 Å². The molecule has 0 radical (unpaired) electrons. The maximum atomic E-state index is 14.0. The summed E-state index contributed by atoms with van der Waals surface area (Å²) in [7, 11) is 0. The average Bonchev–Trinajstić information content (AvgIpc) is 3.86. The summed E-state index contributed by atoms with van der Waals surface area (Å²) in [6, 6.07) is 11.7. The lowest BCUT2D eigenvalue weighted by Gasteiger charge is -2.30. The number of rotatable bonds is 5. The minimum atomic E-state index is -1.00. The van der Waals surface area contributed by atoms with Crippen LogP contribution in [0.3, 0.4) is 0 Å². The van der Waals surface area contributed by atoms with Crippen molar-refractivity contribution in [2.75, 3.05) is 0 Å². The Morgan fingerprint density at radius 2 is 1.42 bits per heavy atom. The van der Waals surface area contributed by atoms with E-state index in [-0.39, 0.29) is 46.4 Å².